The molecule has 0 aliphatic heterocycles. The van der Waals surface area contributed by atoms with Crippen LogP contribution in [0.15, 0.2) is 66.0 Å². The number of nitrogens with one attached hydrogen (secondary N) is 1. The fourth-order valence-electron chi connectivity index (χ4n) is 3.47. The molecule has 1 aromatic heterocycles. The van der Waals surface area contributed by atoms with Gasteiger partial charge in [0.15, 0.2) is 6.04 Å². The number of carboxylic acid groups (broad SMARTS) is 2. The van der Waals surface area contributed by atoms with Gasteiger partial charge < -0.3 is 20.3 Å². The Morgan fingerprint density at radius 2 is 1.52 bits per heavy atom. The molecule has 1 aliphatic rings. The molecule has 0 saturated carbocycles. The van der Waals surface area contributed by atoms with Gasteiger partial charge in [-0.2, -0.15) is 0 Å². The van der Waals surface area contributed by atoms with Crippen LogP contribution in [0.2, 0.25) is 0 Å². The van der Waals surface area contributed by atoms with E-state index in [-0.39, 0.29) is 12.5 Å². The average molecular weight is 439 g/mol. The Hall–Kier alpha value is -3.65. The van der Waals surface area contributed by atoms with Gasteiger partial charge >= 0.3 is 12.1 Å². The number of ether oxygens (including phenoxy) is 1. The number of thiophene rings is 1. The highest BCUT2D eigenvalue weighted by Crippen LogP contribution is 2.44. The van der Waals surface area contributed by atoms with Crippen molar-refractivity contribution in [3.63, 3.8) is 0 Å². The molecule has 3 aromatic rings. The minimum atomic E-state index is -1.12. The third-order valence-electron chi connectivity index (χ3n) is 4.68. The highest BCUT2D eigenvalue weighted by Gasteiger charge is 2.30. The Balaban J connectivity index is 0.000000628. The van der Waals surface area contributed by atoms with E-state index in [4.69, 9.17) is 14.6 Å². The summed E-state index contributed by atoms with van der Waals surface area (Å²) in [6.45, 7) is 1.23. The monoisotopic (exact) mass is 439 g/mol. The number of fused-ring (bicyclic) bond motifs is 3. The van der Waals surface area contributed by atoms with Gasteiger partial charge in [0.05, 0.1) is 0 Å². The maximum Gasteiger partial charge on any atom is 0.408 e. The predicted molar refractivity (Wildman–Crippen MR) is 116 cm³/mol. The van der Waals surface area contributed by atoms with Gasteiger partial charge in [-0.05, 0) is 33.7 Å². The molecular formula is C23H21NO6S. The van der Waals surface area contributed by atoms with Gasteiger partial charge in [-0.3, -0.25) is 4.79 Å². The van der Waals surface area contributed by atoms with Crippen LogP contribution in [0.5, 0.6) is 0 Å². The molecule has 160 valence electrons. The quantitative estimate of drug-likeness (QED) is 0.539. The van der Waals surface area contributed by atoms with Crippen molar-refractivity contribution in [2.75, 3.05) is 6.61 Å². The molecule has 1 atom stereocenters. The third kappa shape index (κ3) is 5.29. The molecule has 0 saturated heterocycles. The van der Waals surface area contributed by atoms with E-state index >= 15 is 0 Å². The average Bonchev–Trinajstić information content (AvgIpc) is 3.36. The number of carboxylic acids is 2. The first kappa shape index (κ1) is 22.0. The van der Waals surface area contributed by atoms with Crippen LogP contribution in [0.4, 0.5) is 4.79 Å². The summed E-state index contributed by atoms with van der Waals surface area (Å²) in [7, 11) is 0. The van der Waals surface area contributed by atoms with Crippen LogP contribution >= 0.6 is 11.3 Å². The first-order valence-corrected chi connectivity index (χ1v) is 10.3. The molecule has 31 heavy (non-hydrogen) atoms. The van der Waals surface area contributed by atoms with Crippen molar-refractivity contribution in [2.24, 2.45) is 0 Å². The van der Waals surface area contributed by atoms with Crippen LogP contribution < -0.4 is 5.32 Å². The first-order chi connectivity index (χ1) is 14.9. The molecule has 7 nitrogen and oxygen atoms in total. The van der Waals surface area contributed by atoms with Crippen LogP contribution in [-0.2, 0) is 14.3 Å². The van der Waals surface area contributed by atoms with E-state index in [2.05, 4.69) is 17.4 Å². The van der Waals surface area contributed by atoms with Crippen molar-refractivity contribution in [1.29, 1.82) is 0 Å². The van der Waals surface area contributed by atoms with Crippen LogP contribution in [0, 0.1) is 0 Å². The lowest BCUT2D eigenvalue weighted by atomic mass is 9.98. The zero-order valence-electron chi connectivity index (χ0n) is 16.6. The van der Waals surface area contributed by atoms with Crippen molar-refractivity contribution in [1.82, 2.24) is 5.32 Å². The summed E-state index contributed by atoms with van der Waals surface area (Å²) in [5.41, 5.74) is 4.51. The molecule has 8 heteroatoms. The molecule has 1 unspecified atom stereocenters. The first-order valence-electron chi connectivity index (χ1n) is 9.45. The normalized spacial score (nSPS) is 12.5. The fourth-order valence-corrected chi connectivity index (χ4v) is 4.24. The summed E-state index contributed by atoms with van der Waals surface area (Å²) in [6, 6.07) is 18.4. The predicted octanol–water partition coefficient (Wildman–Crippen LogP) is 4.50. The lowest BCUT2D eigenvalue weighted by Gasteiger charge is -2.16. The smallest absolute Gasteiger partial charge is 0.408 e. The zero-order valence-corrected chi connectivity index (χ0v) is 17.5. The fraction of sp³-hybridized carbons (Fsp3) is 0.174. The van der Waals surface area contributed by atoms with Crippen molar-refractivity contribution >= 4 is 29.4 Å². The second kappa shape index (κ2) is 9.90. The van der Waals surface area contributed by atoms with E-state index < -0.39 is 24.1 Å². The lowest BCUT2D eigenvalue weighted by Crippen LogP contribution is -2.34. The van der Waals surface area contributed by atoms with Crippen molar-refractivity contribution < 1.29 is 29.3 Å². The highest BCUT2D eigenvalue weighted by atomic mass is 32.1. The maximum atomic E-state index is 12.2. The number of rotatable bonds is 5. The molecule has 0 bridgehead atoms. The summed E-state index contributed by atoms with van der Waals surface area (Å²) in [4.78, 5) is 33.3. The van der Waals surface area contributed by atoms with Crippen molar-refractivity contribution in [3.8, 4) is 11.1 Å². The summed E-state index contributed by atoms with van der Waals surface area (Å²) >= 11 is 1.28. The Morgan fingerprint density at radius 3 is 2.00 bits per heavy atom. The van der Waals surface area contributed by atoms with E-state index in [1.165, 1.54) is 11.3 Å². The molecule has 0 radical (unpaired) electrons. The molecule has 1 heterocycles. The Labute approximate surface area is 182 Å². The Bertz CT molecular complexity index is 1030. The van der Waals surface area contributed by atoms with Crippen LogP contribution in [-0.4, -0.2) is 34.9 Å². The van der Waals surface area contributed by atoms with Gasteiger partial charge in [0.2, 0.25) is 0 Å². The van der Waals surface area contributed by atoms with Gasteiger partial charge in [-0.25, -0.2) is 9.59 Å². The van der Waals surface area contributed by atoms with E-state index in [9.17, 15) is 14.7 Å². The van der Waals surface area contributed by atoms with E-state index in [0.717, 1.165) is 29.2 Å². The molecule has 3 N–H and O–H groups in total. The van der Waals surface area contributed by atoms with Crippen LogP contribution in [0.25, 0.3) is 11.1 Å². The summed E-state index contributed by atoms with van der Waals surface area (Å²) < 4.78 is 5.41. The van der Waals surface area contributed by atoms with Crippen LogP contribution in [0.1, 0.15) is 34.9 Å². The molecule has 0 fully saturated rings. The minimum Gasteiger partial charge on any atom is -0.481 e. The maximum absolute atomic E-state index is 12.2. The van der Waals surface area contributed by atoms with E-state index in [0.29, 0.717) is 4.88 Å². The topological polar surface area (TPSA) is 113 Å². The number of alkyl carbamates (subject to hydrolysis) is 1. The second-order valence-electron chi connectivity index (χ2n) is 6.78. The molecule has 4 rings (SSSR count). The standard InChI is InChI=1S/C21H17NO4S.C2H4O2/c23-20(24)19(18-10-5-11-27-18)22-21(25)26-12-17-15-8-3-1-6-13(15)14-7-2-4-9-16(14)17;1-2(3)4/h1-11,17,19H,12H2,(H,22,25)(H,23,24);1H3,(H,3,4). The number of hydrogen-bond acceptors (Lipinski definition) is 5. The van der Waals surface area contributed by atoms with Gasteiger partial charge in [0, 0.05) is 17.7 Å². The summed E-state index contributed by atoms with van der Waals surface area (Å²) in [6.07, 6.45) is -0.738. The number of aliphatic carboxylic acids is 2. The van der Waals surface area contributed by atoms with E-state index in [1.807, 2.05) is 36.4 Å². The lowest BCUT2D eigenvalue weighted by molar-refractivity contribution is -0.139. The summed E-state index contributed by atoms with van der Waals surface area (Å²) in [5.74, 6) is -2.01. The van der Waals surface area contributed by atoms with Crippen LogP contribution in [0.3, 0.4) is 0 Å². The zero-order chi connectivity index (χ0) is 22.4. The number of carbonyl (C=O) groups excluding carboxylic acids is 1. The highest BCUT2D eigenvalue weighted by molar-refractivity contribution is 7.10. The van der Waals surface area contributed by atoms with Gasteiger partial charge in [-0.15, -0.1) is 11.3 Å². The minimum absolute atomic E-state index is 0.0619. The Morgan fingerprint density at radius 1 is 0.968 bits per heavy atom. The Kier molecular flexibility index (Phi) is 7.04. The number of carbonyl (C=O) groups is 3. The largest absolute Gasteiger partial charge is 0.481 e. The number of benzene rings is 2. The second-order valence-corrected chi connectivity index (χ2v) is 7.75. The van der Waals surface area contributed by atoms with Crippen molar-refractivity contribution in [2.45, 2.75) is 18.9 Å². The van der Waals surface area contributed by atoms with Gasteiger partial charge in [0.1, 0.15) is 6.61 Å². The molecule has 2 aromatic carbocycles. The van der Waals surface area contributed by atoms with Crippen molar-refractivity contribution in [3.05, 3.63) is 82.0 Å². The van der Waals surface area contributed by atoms with Gasteiger partial charge in [-0.1, -0.05) is 54.6 Å². The number of amides is 1. The molecule has 1 aliphatic carbocycles. The summed E-state index contributed by atoms with van der Waals surface area (Å²) in [5, 5.41) is 21.0. The molecule has 0 spiro atoms. The number of hydrogen-bond donors (Lipinski definition) is 3. The third-order valence-corrected chi connectivity index (χ3v) is 5.62. The molecular weight excluding hydrogens is 418 g/mol. The van der Waals surface area contributed by atoms with Gasteiger partial charge in [0.25, 0.3) is 5.97 Å². The van der Waals surface area contributed by atoms with E-state index in [1.54, 1.807) is 17.5 Å². The SMILES string of the molecule is CC(=O)O.O=C(NC(C(=O)O)c1cccs1)OCC1c2ccccc2-c2ccccc21. The molecule has 1 amide bonds.